The van der Waals surface area contributed by atoms with E-state index >= 15 is 0 Å². The lowest BCUT2D eigenvalue weighted by molar-refractivity contribution is -0.387. The molecular weight excluding hydrogens is 225 g/mol. The predicted octanol–water partition coefficient (Wildman–Crippen LogP) is 2.46. The number of rotatable bonds is 3. The zero-order valence-electron chi connectivity index (χ0n) is 7.79. The average molecular weight is 232 g/mol. The van der Waals surface area contributed by atoms with Gasteiger partial charge in [0.2, 0.25) is 5.82 Å². The van der Waals surface area contributed by atoms with Gasteiger partial charge in [0, 0.05) is 0 Å². The van der Waals surface area contributed by atoms with Crippen molar-refractivity contribution >= 4 is 23.1 Å². The number of carbonyl (C=O) groups excluding carboxylic acids is 1. The fourth-order valence-corrected chi connectivity index (χ4v) is 1.28. The molecule has 0 heterocycles. The number of hydrogen-bond donors (Lipinski definition) is 0. The summed E-state index contributed by atoms with van der Waals surface area (Å²) in [7, 11) is 0. The first-order chi connectivity index (χ1) is 6.99. The molecule has 1 aromatic carbocycles. The molecule has 0 amide bonds. The summed E-state index contributed by atoms with van der Waals surface area (Å²) in [5.41, 5.74) is -0.980. The minimum atomic E-state index is -0.990. The van der Waals surface area contributed by atoms with Gasteiger partial charge in [-0.15, -0.1) is 11.6 Å². The molecule has 0 fully saturated rings. The molecule has 1 rings (SSSR count). The van der Waals surface area contributed by atoms with E-state index in [1.807, 2.05) is 0 Å². The molecule has 0 N–H and O–H groups in total. The normalized spacial score (nSPS) is 10.1. The van der Waals surface area contributed by atoms with Gasteiger partial charge in [-0.3, -0.25) is 14.9 Å². The molecule has 0 saturated heterocycles. The van der Waals surface area contributed by atoms with E-state index in [1.165, 1.54) is 19.1 Å². The monoisotopic (exact) mass is 231 g/mol. The molecule has 0 spiro atoms. The maximum absolute atomic E-state index is 13.4. The SMILES string of the molecule is Cc1ccc(C(=O)CCl)c([N+](=O)[O-])c1F. The van der Waals surface area contributed by atoms with Crippen LogP contribution in [0, 0.1) is 22.9 Å². The summed E-state index contributed by atoms with van der Waals surface area (Å²) < 4.78 is 13.4. The Morgan fingerprint density at radius 2 is 2.20 bits per heavy atom. The van der Waals surface area contributed by atoms with E-state index in [-0.39, 0.29) is 11.1 Å². The number of aryl methyl sites for hydroxylation is 1. The van der Waals surface area contributed by atoms with Gasteiger partial charge in [0.05, 0.1) is 16.4 Å². The van der Waals surface area contributed by atoms with Crippen LogP contribution < -0.4 is 0 Å². The minimum Gasteiger partial charge on any atom is -0.293 e. The molecule has 0 bridgehead atoms. The van der Waals surface area contributed by atoms with Gasteiger partial charge >= 0.3 is 5.69 Å². The largest absolute Gasteiger partial charge is 0.315 e. The van der Waals surface area contributed by atoms with Crippen LogP contribution in [0.1, 0.15) is 15.9 Å². The van der Waals surface area contributed by atoms with Crippen molar-refractivity contribution in [3.05, 3.63) is 39.2 Å². The smallest absolute Gasteiger partial charge is 0.293 e. The van der Waals surface area contributed by atoms with Gasteiger partial charge in [-0.25, -0.2) is 0 Å². The average Bonchev–Trinajstić information content (AvgIpc) is 2.20. The molecule has 0 unspecified atom stereocenters. The Morgan fingerprint density at radius 3 is 2.67 bits per heavy atom. The van der Waals surface area contributed by atoms with Crippen LogP contribution in [0.4, 0.5) is 10.1 Å². The van der Waals surface area contributed by atoms with Crippen molar-refractivity contribution in [2.75, 3.05) is 5.88 Å². The second-order valence-corrected chi connectivity index (χ2v) is 3.17. The first-order valence-electron chi connectivity index (χ1n) is 4.01. The number of hydrogen-bond acceptors (Lipinski definition) is 3. The molecule has 80 valence electrons. The van der Waals surface area contributed by atoms with Crippen LogP contribution in [0.3, 0.4) is 0 Å². The number of nitro groups is 1. The summed E-state index contributed by atoms with van der Waals surface area (Å²) >= 11 is 5.26. The number of Topliss-reactive ketones (excluding diaryl/α,β-unsaturated/α-hetero) is 1. The number of benzene rings is 1. The molecule has 4 nitrogen and oxygen atoms in total. The maximum Gasteiger partial charge on any atom is 0.315 e. The lowest BCUT2D eigenvalue weighted by Crippen LogP contribution is -2.07. The summed E-state index contributed by atoms with van der Waals surface area (Å²) in [6.45, 7) is 1.39. The number of carbonyl (C=O) groups is 1. The Bertz CT molecular complexity index is 434. The summed E-state index contributed by atoms with van der Waals surface area (Å²) in [6.07, 6.45) is 0. The van der Waals surface area contributed by atoms with Crippen molar-refractivity contribution in [3.8, 4) is 0 Å². The van der Waals surface area contributed by atoms with E-state index < -0.39 is 28.1 Å². The topological polar surface area (TPSA) is 60.2 Å². The molecule has 0 aliphatic carbocycles. The van der Waals surface area contributed by atoms with Gasteiger partial charge < -0.3 is 0 Å². The van der Waals surface area contributed by atoms with Crippen molar-refractivity contribution in [1.82, 2.24) is 0 Å². The third kappa shape index (κ3) is 2.12. The van der Waals surface area contributed by atoms with Gasteiger partial charge in [0.25, 0.3) is 0 Å². The lowest BCUT2D eigenvalue weighted by Gasteiger charge is -2.02. The number of ketones is 1. The molecule has 6 heteroatoms. The molecule has 1 aromatic rings. The molecule has 0 aromatic heterocycles. The van der Waals surface area contributed by atoms with Crippen LogP contribution in [-0.4, -0.2) is 16.6 Å². The number of alkyl halides is 1. The Kier molecular flexibility index (Phi) is 3.36. The van der Waals surface area contributed by atoms with Crippen LogP contribution in [0.2, 0.25) is 0 Å². The molecule has 0 saturated carbocycles. The van der Waals surface area contributed by atoms with Crippen LogP contribution in [0.5, 0.6) is 0 Å². The van der Waals surface area contributed by atoms with Gasteiger partial charge in [0.15, 0.2) is 5.78 Å². The van der Waals surface area contributed by atoms with E-state index in [0.717, 1.165) is 0 Å². The summed E-state index contributed by atoms with van der Waals surface area (Å²) in [5.74, 6) is -2.07. The van der Waals surface area contributed by atoms with Crippen LogP contribution in [0.25, 0.3) is 0 Å². The van der Waals surface area contributed by atoms with Crippen molar-refractivity contribution < 1.29 is 14.1 Å². The molecule has 0 atom stereocenters. The Balaban J connectivity index is 3.46. The summed E-state index contributed by atoms with van der Waals surface area (Å²) in [5, 5.41) is 10.6. The second kappa shape index (κ2) is 4.35. The highest BCUT2D eigenvalue weighted by atomic mass is 35.5. The zero-order valence-corrected chi connectivity index (χ0v) is 8.55. The fourth-order valence-electron chi connectivity index (χ4n) is 1.14. The highest BCUT2D eigenvalue weighted by Crippen LogP contribution is 2.25. The Morgan fingerprint density at radius 1 is 1.60 bits per heavy atom. The Labute approximate surface area is 89.8 Å². The number of nitro benzene ring substituents is 1. The van der Waals surface area contributed by atoms with Crippen molar-refractivity contribution in [3.63, 3.8) is 0 Å². The number of nitrogens with zero attached hydrogens (tertiary/aromatic N) is 1. The van der Waals surface area contributed by atoms with Crippen LogP contribution >= 0.6 is 11.6 Å². The molecule has 15 heavy (non-hydrogen) atoms. The number of halogens is 2. The third-order valence-electron chi connectivity index (χ3n) is 1.91. The summed E-state index contributed by atoms with van der Waals surface area (Å²) in [6, 6.07) is 2.52. The summed E-state index contributed by atoms with van der Waals surface area (Å²) in [4.78, 5) is 20.9. The maximum atomic E-state index is 13.4. The van der Waals surface area contributed by atoms with Gasteiger partial charge in [-0.1, -0.05) is 6.07 Å². The van der Waals surface area contributed by atoms with Gasteiger partial charge in [-0.2, -0.15) is 4.39 Å². The second-order valence-electron chi connectivity index (χ2n) is 2.91. The highest BCUT2D eigenvalue weighted by molar-refractivity contribution is 6.31. The molecule has 0 radical (unpaired) electrons. The fraction of sp³-hybridized carbons (Fsp3) is 0.222. The lowest BCUT2D eigenvalue weighted by atomic mass is 10.1. The van der Waals surface area contributed by atoms with Gasteiger partial charge in [0.1, 0.15) is 0 Å². The van der Waals surface area contributed by atoms with Crippen LogP contribution in [-0.2, 0) is 0 Å². The van der Waals surface area contributed by atoms with E-state index in [9.17, 15) is 19.3 Å². The molecular formula is C9H7ClFNO3. The van der Waals surface area contributed by atoms with E-state index in [0.29, 0.717) is 0 Å². The minimum absolute atomic E-state index is 0.118. The third-order valence-corrected chi connectivity index (χ3v) is 2.16. The molecule has 0 aliphatic rings. The highest BCUT2D eigenvalue weighted by Gasteiger charge is 2.25. The standard InChI is InChI=1S/C9H7ClFNO3/c1-5-2-3-6(7(13)4-10)9(8(5)11)12(14)15/h2-3H,4H2,1H3. The van der Waals surface area contributed by atoms with E-state index in [1.54, 1.807) is 0 Å². The van der Waals surface area contributed by atoms with Crippen LogP contribution in [0.15, 0.2) is 12.1 Å². The van der Waals surface area contributed by atoms with Crippen molar-refractivity contribution in [2.24, 2.45) is 0 Å². The predicted molar refractivity (Wildman–Crippen MR) is 52.8 cm³/mol. The quantitative estimate of drug-likeness (QED) is 0.347. The van der Waals surface area contributed by atoms with E-state index in [2.05, 4.69) is 0 Å². The van der Waals surface area contributed by atoms with Crippen molar-refractivity contribution in [2.45, 2.75) is 6.92 Å². The van der Waals surface area contributed by atoms with Gasteiger partial charge in [-0.05, 0) is 18.6 Å². The zero-order chi connectivity index (χ0) is 11.6. The first-order valence-corrected chi connectivity index (χ1v) is 4.55. The molecule has 0 aliphatic heterocycles. The Hall–Kier alpha value is -1.49. The first kappa shape index (κ1) is 11.6. The van der Waals surface area contributed by atoms with E-state index in [4.69, 9.17) is 11.6 Å². The van der Waals surface area contributed by atoms with Crippen molar-refractivity contribution in [1.29, 1.82) is 0 Å².